The summed E-state index contributed by atoms with van der Waals surface area (Å²) >= 11 is 5.77. The Morgan fingerprint density at radius 3 is 2.18 bits per heavy atom. The van der Waals surface area contributed by atoms with Crippen molar-refractivity contribution in [2.75, 3.05) is 12.0 Å². The maximum Gasteiger partial charge on any atom is 0.174 e. The molecule has 0 bridgehead atoms. The average Bonchev–Trinajstić information content (AvgIpc) is 3.43. The lowest BCUT2D eigenvalue weighted by atomic mass is 10.0. The lowest BCUT2D eigenvalue weighted by molar-refractivity contribution is 0.413. The fraction of sp³-hybridized carbons (Fsp3) is 0.154. The molecule has 0 spiro atoms. The second-order valence-corrected chi connectivity index (χ2v) is 8.25. The number of rotatable bonds is 6. The van der Waals surface area contributed by atoms with Gasteiger partial charge in [0.25, 0.3) is 0 Å². The van der Waals surface area contributed by atoms with E-state index >= 15 is 0 Å². The van der Waals surface area contributed by atoms with Gasteiger partial charge in [-0.25, -0.2) is 0 Å². The summed E-state index contributed by atoms with van der Waals surface area (Å²) in [6.07, 6.45) is 1.81. The summed E-state index contributed by atoms with van der Waals surface area (Å²) in [5.74, 6) is 2.29. The van der Waals surface area contributed by atoms with E-state index < -0.39 is 0 Å². The van der Waals surface area contributed by atoms with Crippen molar-refractivity contribution in [2.45, 2.75) is 19.0 Å². The van der Waals surface area contributed by atoms with Gasteiger partial charge in [0.1, 0.15) is 23.3 Å². The van der Waals surface area contributed by atoms with Crippen LogP contribution < -0.4 is 19.7 Å². The first kappa shape index (κ1) is 21.0. The highest BCUT2D eigenvalue weighted by Gasteiger charge is 2.41. The Hall–Kier alpha value is -3.84. The average molecular weight is 457 g/mol. The van der Waals surface area contributed by atoms with Crippen LogP contribution in [0.3, 0.4) is 0 Å². The quantitative estimate of drug-likeness (QED) is 0.363. The molecule has 1 saturated heterocycles. The van der Waals surface area contributed by atoms with Crippen molar-refractivity contribution in [1.29, 1.82) is 0 Å². The number of hydrogen-bond acceptors (Lipinski definition) is 4. The maximum absolute atomic E-state index is 5.99. The van der Waals surface area contributed by atoms with E-state index in [0.29, 0.717) is 5.11 Å². The first-order chi connectivity index (χ1) is 16.1. The van der Waals surface area contributed by atoms with Crippen LogP contribution in [0.2, 0.25) is 0 Å². The van der Waals surface area contributed by atoms with Crippen LogP contribution in [0.15, 0.2) is 85.1 Å². The highest BCUT2D eigenvalue weighted by atomic mass is 32.1. The van der Waals surface area contributed by atoms with Crippen molar-refractivity contribution in [3.63, 3.8) is 0 Å². The molecular formula is C26H24N4O2S. The van der Waals surface area contributed by atoms with Crippen molar-refractivity contribution in [2.24, 2.45) is 0 Å². The Kier molecular flexibility index (Phi) is 5.71. The van der Waals surface area contributed by atoms with Crippen molar-refractivity contribution in [3.05, 3.63) is 102 Å². The molecule has 2 atom stereocenters. The van der Waals surface area contributed by atoms with Gasteiger partial charge in [-0.3, -0.25) is 4.98 Å². The van der Waals surface area contributed by atoms with Gasteiger partial charge in [-0.2, -0.15) is 0 Å². The number of nitrogens with one attached hydrogen (secondary N) is 2. The van der Waals surface area contributed by atoms with Crippen molar-refractivity contribution in [3.8, 4) is 17.2 Å². The van der Waals surface area contributed by atoms with E-state index in [1.165, 1.54) is 0 Å². The van der Waals surface area contributed by atoms with Crippen LogP contribution in [0.5, 0.6) is 17.2 Å². The maximum atomic E-state index is 5.99. The molecule has 1 fully saturated rings. The molecule has 166 valence electrons. The molecule has 0 saturated carbocycles. The van der Waals surface area contributed by atoms with Crippen molar-refractivity contribution in [1.82, 2.24) is 15.3 Å². The van der Waals surface area contributed by atoms with Crippen LogP contribution in [0.1, 0.15) is 29.2 Å². The zero-order chi connectivity index (χ0) is 22.8. The Morgan fingerprint density at radius 1 is 0.879 bits per heavy atom. The Bertz CT molecular complexity index is 1240. The molecule has 0 aliphatic carbocycles. The first-order valence-corrected chi connectivity index (χ1v) is 11.1. The minimum absolute atomic E-state index is 0.0607. The number of ether oxygens (including phenoxy) is 2. The normalized spacial score (nSPS) is 17.6. The fourth-order valence-electron chi connectivity index (χ4n) is 4.10. The van der Waals surface area contributed by atoms with E-state index in [9.17, 15) is 0 Å². The summed E-state index contributed by atoms with van der Waals surface area (Å²) in [4.78, 5) is 10.2. The number of anilines is 1. The number of H-pyrrole nitrogens is 1. The molecule has 7 heteroatoms. The van der Waals surface area contributed by atoms with Crippen LogP contribution in [0, 0.1) is 6.92 Å². The van der Waals surface area contributed by atoms with Gasteiger partial charge >= 0.3 is 0 Å². The molecule has 1 aliphatic heterocycles. The van der Waals surface area contributed by atoms with Gasteiger partial charge in [0.15, 0.2) is 5.11 Å². The minimum atomic E-state index is -0.0769. The number of methoxy groups -OCH3 is 1. The highest BCUT2D eigenvalue weighted by Crippen LogP contribution is 2.41. The second-order valence-electron chi connectivity index (χ2n) is 7.86. The van der Waals surface area contributed by atoms with E-state index in [0.717, 1.165) is 40.0 Å². The molecule has 33 heavy (non-hydrogen) atoms. The van der Waals surface area contributed by atoms with Gasteiger partial charge in [-0.1, -0.05) is 6.07 Å². The Balaban J connectivity index is 1.44. The number of hydrogen-bond donors (Lipinski definition) is 2. The number of thiocarbonyl (C=S) groups is 1. The third-order valence-electron chi connectivity index (χ3n) is 5.68. The summed E-state index contributed by atoms with van der Waals surface area (Å²) in [6.45, 7) is 2.05. The molecule has 2 N–H and O–H groups in total. The first-order valence-electron chi connectivity index (χ1n) is 10.7. The molecular weight excluding hydrogens is 432 g/mol. The molecule has 1 aliphatic rings. The molecule has 4 aromatic rings. The monoisotopic (exact) mass is 456 g/mol. The molecule has 6 nitrogen and oxygen atoms in total. The number of nitrogens with zero attached hydrogens (tertiary/aromatic N) is 2. The summed E-state index contributed by atoms with van der Waals surface area (Å²) < 4.78 is 11.2. The topological polar surface area (TPSA) is 62.4 Å². The smallest absolute Gasteiger partial charge is 0.174 e. The molecule has 2 aromatic carbocycles. The number of benzene rings is 2. The van der Waals surface area contributed by atoms with E-state index in [1.807, 2.05) is 72.9 Å². The van der Waals surface area contributed by atoms with Crippen molar-refractivity contribution >= 4 is 23.0 Å². The van der Waals surface area contributed by atoms with Crippen molar-refractivity contribution < 1.29 is 9.47 Å². The largest absolute Gasteiger partial charge is 0.497 e. The molecule has 5 rings (SSSR count). The number of aromatic amines is 1. The van der Waals surface area contributed by atoms with E-state index in [2.05, 4.69) is 39.2 Å². The second kappa shape index (κ2) is 8.96. The number of aryl methyl sites for hydroxylation is 1. The van der Waals surface area contributed by atoms with Gasteiger partial charge in [-0.05, 0) is 91.9 Å². The summed E-state index contributed by atoms with van der Waals surface area (Å²) in [5, 5.41) is 4.13. The highest BCUT2D eigenvalue weighted by molar-refractivity contribution is 7.80. The van der Waals surface area contributed by atoms with Crippen LogP contribution >= 0.6 is 12.2 Å². The van der Waals surface area contributed by atoms with Gasteiger partial charge in [0.2, 0.25) is 0 Å². The van der Waals surface area contributed by atoms with Crippen LogP contribution in [0.4, 0.5) is 5.69 Å². The predicted molar refractivity (Wildman–Crippen MR) is 133 cm³/mol. The lowest BCUT2D eigenvalue weighted by Crippen LogP contribution is -2.29. The van der Waals surface area contributed by atoms with Gasteiger partial charge in [-0.15, -0.1) is 0 Å². The van der Waals surface area contributed by atoms with Crippen LogP contribution in [-0.4, -0.2) is 22.2 Å². The Labute approximate surface area is 198 Å². The number of aromatic nitrogens is 2. The third-order valence-corrected chi connectivity index (χ3v) is 6.00. The standard InChI is InChI=1S/C26H24N4O2S/c1-17-6-15-23(28-17)25-24(22-5-3-4-16-27-22)29-26(33)30(25)18-7-9-20(10-8-18)32-21-13-11-19(31-2)12-14-21/h3-16,24-25,28H,1-2H3,(H,29,33)/t24-,25+/m0/s1. The van der Waals surface area contributed by atoms with Gasteiger partial charge < -0.3 is 24.7 Å². The van der Waals surface area contributed by atoms with Gasteiger partial charge in [0.05, 0.1) is 18.8 Å². The number of pyridine rings is 1. The van der Waals surface area contributed by atoms with E-state index in [1.54, 1.807) is 7.11 Å². The lowest BCUT2D eigenvalue weighted by Gasteiger charge is -2.27. The molecule has 0 unspecified atom stereocenters. The SMILES string of the molecule is COc1ccc(Oc2ccc(N3C(=S)N[C@@H](c4ccccn4)[C@H]3c3ccc(C)[nH]3)cc2)cc1. The zero-order valence-corrected chi connectivity index (χ0v) is 19.2. The molecule has 3 heterocycles. The summed E-state index contributed by atoms with van der Waals surface area (Å²) in [6, 6.07) is 25.5. The fourth-order valence-corrected chi connectivity index (χ4v) is 4.45. The third kappa shape index (κ3) is 4.27. The van der Waals surface area contributed by atoms with Gasteiger partial charge in [0, 0.05) is 23.3 Å². The van der Waals surface area contributed by atoms with Crippen LogP contribution in [-0.2, 0) is 0 Å². The zero-order valence-electron chi connectivity index (χ0n) is 18.4. The molecule has 0 amide bonds. The Morgan fingerprint density at radius 2 is 1.58 bits per heavy atom. The van der Waals surface area contributed by atoms with E-state index in [-0.39, 0.29) is 12.1 Å². The molecule has 0 radical (unpaired) electrons. The molecule has 2 aromatic heterocycles. The minimum Gasteiger partial charge on any atom is -0.497 e. The summed E-state index contributed by atoms with van der Waals surface area (Å²) in [7, 11) is 1.65. The van der Waals surface area contributed by atoms with E-state index in [4.69, 9.17) is 21.7 Å². The summed E-state index contributed by atoms with van der Waals surface area (Å²) in [5.41, 5.74) is 4.10. The predicted octanol–water partition coefficient (Wildman–Crippen LogP) is 5.70. The van der Waals surface area contributed by atoms with Crippen LogP contribution in [0.25, 0.3) is 0 Å².